The highest BCUT2D eigenvalue weighted by Gasteiger charge is 2.50. The molecule has 1 aliphatic rings. The van der Waals surface area contributed by atoms with Crippen LogP contribution < -0.4 is 0 Å². The lowest BCUT2D eigenvalue weighted by molar-refractivity contribution is -0.301. The van der Waals surface area contributed by atoms with Crippen molar-refractivity contribution in [1.29, 1.82) is 0 Å². The molecule has 1 aliphatic heterocycles. The Bertz CT molecular complexity index is 1560. The van der Waals surface area contributed by atoms with E-state index in [2.05, 4.69) is 69.4 Å². The maximum atomic E-state index is 13.2. The fourth-order valence-electron chi connectivity index (χ4n) is 9.84. The van der Waals surface area contributed by atoms with Crippen LogP contribution in [-0.2, 0) is 42.9 Å². The molecular formula is C67H118O12. The number of carboxylic acids is 1. The Labute approximate surface area is 482 Å². The number of rotatable bonds is 56. The lowest BCUT2D eigenvalue weighted by atomic mass is 9.98. The molecule has 0 aromatic carbocycles. The van der Waals surface area contributed by atoms with Gasteiger partial charge in [-0.2, -0.15) is 0 Å². The van der Waals surface area contributed by atoms with Gasteiger partial charge in [0.2, 0.25) is 0 Å². The molecule has 0 aromatic rings. The minimum absolute atomic E-state index is 0.0625. The van der Waals surface area contributed by atoms with Gasteiger partial charge in [0.05, 0.1) is 6.61 Å². The molecule has 12 nitrogen and oxygen atoms in total. The Kier molecular flexibility index (Phi) is 51.5. The third-order valence-corrected chi connectivity index (χ3v) is 14.9. The molecule has 1 saturated heterocycles. The number of allylic oxidation sites excluding steroid dienone is 8. The van der Waals surface area contributed by atoms with Crippen LogP contribution in [0.3, 0.4) is 0 Å². The van der Waals surface area contributed by atoms with Crippen LogP contribution in [0.4, 0.5) is 0 Å². The van der Waals surface area contributed by atoms with Gasteiger partial charge < -0.3 is 39.0 Å². The van der Waals surface area contributed by atoms with E-state index in [1.165, 1.54) is 128 Å². The molecule has 6 atom stereocenters. The van der Waals surface area contributed by atoms with Crippen LogP contribution in [0.2, 0.25) is 0 Å². The summed E-state index contributed by atoms with van der Waals surface area (Å²) in [6, 6.07) is 0. The zero-order valence-corrected chi connectivity index (χ0v) is 50.6. The fourth-order valence-corrected chi connectivity index (χ4v) is 9.84. The number of esters is 3. The number of unbranched alkanes of at least 4 members (excludes halogenated alkanes) is 34. The molecule has 1 fully saturated rings. The Morgan fingerprint density at radius 2 is 0.759 bits per heavy atom. The summed E-state index contributed by atoms with van der Waals surface area (Å²) in [5.74, 6) is -3.12. The normalized spacial score (nSPS) is 18.1. The van der Waals surface area contributed by atoms with Crippen molar-refractivity contribution in [2.45, 2.75) is 340 Å². The quantitative estimate of drug-likeness (QED) is 0.0228. The molecule has 1 rings (SSSR count). The van der Waals surface area contributed by atoms with Crippen LogP contribution in [0.5, 0.6) is 0 Å². The second kappa shape index (κ2) is 55.2. The van der Waals surface area contributed by atoms with Gasteiger partial charge in [0, 0.05) is 19.3 Å². The first-order valence-corrected chi connectivity index (χ1v) is 32.6. The van der Waals surface area contributed by atoms with Crippen molar-refractivity contribution in [2.75, 3.05) is 13.2 Å². The largest absolute Gasteiger partial charge is 0.479 e. The van der Waals surface area contributed by atoms with Gasteiger partial charge >= 0.3 is 23.9 Å². The summed E-state index contributed by atoms with van der Waals surface area (Å²) >= 11 is 0. The first kappa shape index (κ1) is 73.7. The third-order valence-electron chi connectivity index (χ3n) is 14.9. The van der Waals surface area contributed by atoms with E-state index in [1.54, 1.807) is 0 Å². The molecule has 3 N–H and O–H groups in total. The number of ether oxygens (including phenoxy) is 5. The minimum atomic E-state index is -1.90. The summed E-state index contributed by atoms with van der Waals surface area (Å²) in [4.78, 5) is 51.3. The van der Waals surface area contributed by atoms with Crippen LogP contribution >= 0.6 is 0 Å². The van der Waals surface area contributed by atoms with Gasteiger partial charge in [-0.05, 0) is 83.5 Å². The van der Waals surface area contributed by atoms with Crippen molar-refractivity contribution in [1.82, 2.24) is 0 Å². The zero-order chi connectivity index (χ0) is 57.5. The van der Waals surface area contributed by atoms with Gasteiger partial charge in [-0.15, -0.1) is 0 Å². The monoisotopic (exact) mass is 1110 g/mol. The molecule has 0 spiro atoms. The predicted octanol–water partition coefficient (Wildman–Crippen LogP) is 17.3. The molecule has 79 heavy (non-hydrogen) atoms. The Hall–Kier alpha value is -3.32. The lowest BCUT2D eigenvalue weighted by Crippen LogP contribution is -2.61. The summed E-state index contributed by atoms with van der Waals surface area (Å²) in [5, 5.41) is 31.6. The van der Waals surface area contributed by atoms with Crippen molar-refractivity contribution < 1.29 is 58.2 Å². The number of aliphatic hydroxyl groups is 2. The molecule has 0 aromatic heterocycles. The second-order valence-corrected chi connectivity index (χ2v) is 22.4. The van der Waals surface area contributed by atoms with Crippen molar-refractivity contribution >= 4 is 23.9 Å². The molecule has 12 heteroatoms. The average Bonchev–Trinajstić information content (AvgIpc) is 3.46. The first-order valence-electron chi connectivity index (χ1n) is 32.6. The molecule has 0 saturated carbocycles. The van der Waals surface area contributed by atoms with E-state index in [9.17, 15) is 34.5 Å². The molecule has 0 radical (unpaired) electrons. The summed E-state index contributed by atoms with van der Waals surface area (Å²) in [7, 11) is 0. The van der Waals surface area contributed by atoms with Crippen LogP contribution in [0.15, 0.2) is 48.6 Å². The Morgan fingerprint density at radius 3 is 1.19 bits per heavy atom. The number of carbonyl (C=O) groups excluding carboxylic acids is 3. The van der Waals surface area contributed by atoms with Gasteiger partial charge in [-0.25, -0.2) is 4.79 Å². The number of aliphatic hydroxyl groups excluding tert-OH is 2. The van der Waals surface area contributed by atoms with Crippen molar-refractivity contribution in [3.8, 4) is 0 Å². The predicted molar refractivity (Wildman–Crippen MR) is 322 cm³/mol. The average molecular weight is 1120 g/mol. The maximum Gasteiger partial charge on any atom is 0.335 e. The fraction of sp³-hybridized carbons (Fsp3) is 0.821. The molecule has 0 bridgehead atoms. The summed E-state index contributed by atoms with van der Waals surface area (Å²) < 4.78 is 28.5. The smallest absolute Gasteiger partial charge is 0.335 e. The summed E-state index contributed by atoms with van der Waals surface area (Å²) in [6.45, 7) is 5.98. The highest BCUT2D eigenvalue weighted by atomic mass is 16.7. The topological polar surface area (TPSA) is 175 Å². The van der Waals surface area contributed by atoms with Gasteiger partial charge in [0.1, 0.15) is 18.8 Å². The van der Waals surface area contributed by atoms with Crippen molar-refractivity contribution in [3.63, 3.8) is 0 Å². The number of carbonyl (C=O) groups is 4. The van der Waals surface area contributed by atoms with Gasteiger partial charge in [0.15, 0.2) is 24.6 Å². The van der Waals surface area contributed by atoms with Gasteiger partial charge in [-0.3, -0.25) is 14.4 Å². The molecule has 1 heterocycles. The van der Waals surface area contributed by atoms with Crippen LogP contribution in [0.1, 0.15) is 303 Å². The SMILES string of the molecule is CCCCC/C=C\C/C=C\C/C=C\CCCCCCCCC(=O)OCC(COC1OC(C(=O)O)C(O)C(O)C1OC(=O)CCCCCCCCCCCCCCCCC)OC(=O)CCCCCCC/C=C\CCCCCCCC. The Balaban J connectivity index is 2.66. The van der Waals surface area contributed by atoms with Crippen LogP contribution in [-0.4, -0.2) is 89.2 Å². The minimum Gasteiger partial charge on any atom is -0.479 e. The van der Waals surface area contributed by atoms with E-state index in [1.807, 2.05) is 0 Å². The second-order valence-electron chi connectivity index (χ2n) is 22.4. The molecule has 6 unspecified atom stereocenters. The number of hydrogen-bond donors (Lipinski definition) is 3. The van der Waals surface area contributed by atoms with E-state index in [-0.39, 0.29) is 25.9 Å². The van der Waals surface area contributed by atoms with E-state index in [0.29, 0.717) is 19.3 Å². The number of hydrogen-bond acceptors (Lipinski definition) is 11. The Morgan fingerprint density at radius 1 is 0.418 bits per heavy atom. The van der Waals surface area contributed by atoms with Crippen LogP contribution in [0.25, 0.3) is 0 Å². The number of carboxylic acid groups (broad SMARTS) is 1. The van der Waals surface area contributed by atoms with Gasteiger partial charge in [0.25, 0.3) is 0 Å². The third kappa shape index (κ3) is 45.0. The van der Waals surface area contributed by atoms with E-state index in [0.717, 1.165) is 116 Å². The van der Waals surface area contributed by atoms with Gasteiger partial charge in [-0.1, -0.05) is 249 Å². The van der Waals surface area contributed by atoms with E-state index >= 15 is 0 Å². The zero-order valence-electron chi connectivity index (χ0n) is 50.6. The van der Waals surface area contributed by atoms with E-state index < -0.39 is 67.3 Å². The van der Waals surface area contributed by atoms with E-state index in [4.69, 9.17) is 23.7 Å². The molecule has 0 amide bonds. The molecule has 458 valence electrons. The summed E-state index contributed by atoms with van der Waals surface area (Å²) in [5.41, 5.74) is 0. The van der Waals surface area contributed by atoms with Crippen molar-refractivity contribution in [3.05, 3.63) is 48.6 Å². The first-order chi connectivity index (χ1) is 38.6. The van der Waals surface area contributed by atoms with Crippen LogP contribution in [0, 0.1) is 0 Å². The maximum absolute atomic E-state index is 13.2. The summed E-state index contributed by atoms with van der Waals surface area (Å²) in [6.07, 6.45) is 54.9. The highest BCUT2D eigenvalue weighted by Crippen LogP contribution is 2.27. The highest BCUT2D eigenvalue weighted by molar-refractivity contribution is 5.74. The number of aliphatic carboxylic acids is 1. The standard InChI is InChI=1S/C67H118O12/c1-4-7-10-13-16-19-22-25-28-29-30-31-34-35-38-41-44-47-50-53-59(68)75-56-58(77-60(69)54-51-48-45-42-39-36-32-26-23-20-17-14-11-8-5-2)57-76-67-65(63(72)62(71)64(79-67)66(73)74)78-61(70)55-52-49-46-43-40-37-33-27-24-21-18-15-12-9-6-3/h16,19,25-26,28,30-32,58,62-65,67,71-72H,4-15,17-18,20-24,27,29,33-57H2,1-3H3,(H,73,74)/b19-16-,28-25-,31-30-,32-26-. The lowest BCUT2D eigenvalue weighted by Gasteiger charge is -2.40. The molecule has 0 aliphatic carbocycles. The van der Waals surface area contributed by atoms with Crippen molar-refractivity contribution in [2.24, 2.45) is 0 Å². The molecular weight excluding hydrogens is 997 g/mol.